The van der Waals surface area contributed by atoms with Gasteiger partial charge in [-0.05, 0) is 38.1 Å². The number of rotatable bonds is 7. The van der Waals surface area contributed by atoms with Gasteiger partial charge in [-0.25, -0.2) is 8.42 Å². The molecule has 1 aromatic rings. The number of likely N-dealkylation sites (tertiary alicyclic amines) is 1. The Bertz CT molecular complexity index is 579. The van der Waals surface area contributed by atoms with Crippen LogP contribution in [0.2, 0.25) is 0 Å². The molecule has 2 rings (SSSR count). The molecule has 1 aliphatic heterocycles. The first-order valence-corrected chi connectivity index (χ1v) is 9.18. The van der Waals surface area contributed by atoms with Gasteiger partial charge in [0.2, 0.25) is 15.9 Å². The van der Waals surface area contributed by atoms with Crippen molar-refractivity contribution < 1.29 is 17.6 Å². The van der Waals surface area contributed by atoms with Crippen molar-refractivity contribution in [2.45, 2.75) is 18.9 Å². The predicted octanol–water partition coefficient (Wildman–Crippen LogP) is 0.424. The molecule has 1 N–H and O–H groups in total. The normalized spacial score (nSPS) is 17.8. The number of nitrogens with one attached hydrogen (secondary N) is 1. The number of hydrogen-bond donors (Lipinski definition) is 1. The minimum absolute atomic E-state index is 0.00927. The van der Waals surface area contributed by atoms with Crippen molar-refractivity contribution in [2.24, 2.45) is 0 Å². The zero-order valence-corrected chi connectivity index (χ0v) is 13.8. The summed E-state index contributed by atoms with van der Waals surface area (Å²) in [5.41, 5.74) is 0. The molecule has 0 saturated carbocycles. The summed E-state index contributed by atoms with van der Waals surface area (Å²) in [6.07, 6.45) is 4.98. The highest BCUT2D eigenvalue weighted by Crippen LogP contribution is 2.24. The van der Waals surface area contributed by atoms with E-state index in [0.29, 0.717) is 6.54 Å². The lowest BCUT2D eigenvalue weighted by atomic mass is 10.2. The second-order valence-corrected chi connectivity index (χ2v) is 7.69. The van der Waals surface area contributed by atoms with Gasteiger partial charge in [0, 0.05) is 13.6 Å². The Balaban J connectivity index is 1.92. The summed E-state index contributed by atoms with van der Waals surface area (Å²) in [7, 11) is -1.96. The van der Waals surface area contributed by atoms with Gasteiger partial charge >= 0.3 is 0 Å². The maximum Gasteiger partial charge on any atom is 0.235 e. The smallest absolute Gasteiger partial charge is 0.235 e. The zero-order valence-electron chi connectivity index (χ0n) is 13.0. The van der Waals surface area contributed by atoms with Gasteiger partial charge < -0.3 is 9.73 Å². The summed E-state index contributed by atoms with van der Waals surface area (Å²) in [5.74, 6) is 0.502. The molecule has 124 valence electrons. The lowest BCUT2D eigenvalue weighted by molar-refractivity contribution is -0.121. The molecular formula is C14H23N3O4S. The summed E-state index contributed by atoms with van der Waals surface area (Å²) >= 11 is 0. The fourth-order valence-corrected chi connectivity index (χ4v) is 2.88. The number of furan rings is 1. The van der Waals surface area contributed by atoms with Gasteiger partial charge in [0.15, 0.2) is 0 Å². The van der Waals surface area contributed by atoms with E-state index in [2.05, 4.69) is 10.2 Å². The molecule has 0 radical (unpaired) electrons. The van der Waals surface area contributed by atoms with Gasteiger partial charge in [0.05, 0.1) is 25.1 Å². The Labute approximate surface area is 131 Å². The first-order chi connectivity index (χ1) is 10.4. The Morgan fingerprint density at radius 2 is 2.14 bits per heavy atom. The largest absolute Gasteiger partial charge is 0.468 e. The molecule has 1 atom stereocenters. The fourth-order valence-electron chi connectivity index (χ4n) is 2.53. The number of carbonyl (C=O) groups excluding carboxylic acids is 1. The van der Waals surface area contributed by atoms with E-state index in [1.807, 2.05) is 12.1 Å². The van der Waals surface area contributed by atoms with Crippen LogP contribution in [-0.2, 0) is 14.8 Å². The lowest BCUT2D eigenvalue weighted by Gasteiger charge is -2.26. The third-order valence-electron chi connectivity index (χ3n) is 3.88. The maximum atomic E-state index is 11.9. The SMILES string of the molecule is CN(CC(=O)NC[C@@H](c1ccco1)N1CCCC1)S(C)(=O)=O. The molecule has 2 heterocycles. The van der Waals surface area contributed by atoms with Crippen LogP contribution in [0.15, 0.2) is 22.8 Å². The van der Waals surface area contributed by atoms with E-state index in [-0.39, 0.29) is 18.5 Å². The number of carbonyl (C=O) groups is 1. The standard InChI is InChI=1S/C14H23N3O4S/c1-16(22(2,19)20)11-14(18)15-10-12(13-6-5-9-21-13)17-7-3-4-8-17/h5-6,9,12H,3-4,7-8,10-11H2,1-2H3,(H,15,18)/t12-/m0/s1. The van der Waals surface area contributed by atoms with Crippen LogP contribution < -0.4 is 5.32 Å². The first kappa shape index (κ1) is 17.0. The minimum Gasteiger partial charge on any atom is -0.468 e. The summed E-state index contributed by atoms with van der Waals surface area (Å²) in [5, 5.41) is 2.80. The van der Waals surface area contributed by atoms with E-state index in [0.717, 1.165) is 42.3 Å². The molecule has 0 aliphatic carbocycles. The number of amides is 1. The maximum absolute atomic E-state index is 11.9. The van der Waals surface area contributed by atoms with E-state index in [1.165, 1.54) is 7.05 Å². The average Bonchev–Trinajstić information content (AvgIpc) is 3.10. The fraction of sp³-hybridized carbons (Fsp3) is 0.643. The molecule has 1 aromatic heterocycles. The van der Waals surface area contributed by atoms with Crippen molar-refractivity contribution in [3.05, 3.63) is 24.2 Å². The minimum atomic E-state index is -3.35. The molecule has 0 spiro atoms. The number of sulfonamides is 1. The van der Waals surface area contributed by atoms with Gasteiger partial charge in [0.25, 0.3) is 0 Å². The van der Waals surface area contributed by atoms with Gasteiger partial charge in [-0.1, -0.05) is 0 Å². The van der Waals surface area contributed by atoms with Crippen molar-refractivity contribution in [1.82, 2.24) is 14.5 Å². The zero-order chi connectivity index (χ0) is 16.2. The average molecular weight is 329 g/mol. The van der Waals surface area contributed by atoms with E-state index >= 15 is 0 Å². The summed E-state index contributed by atoms with van der Waals surface area (Å²) in [6.45, 7) is 2.18. The molecule has 7 nitrogen and oxygen atoms in total. The molecule has 0 bridgehead atoms. The topological polar surface area (TPSA) is 82.9 Å². The molecular weight excluding hydrogens is 306 g/mol. The van der Waals surface area contributed by atoms with Crippen molar-refractivity contribution in [1.29, 1.82) is 0 Å². The van der Waals surface area contributed by atoms with Crippen molar-refractivity contribution in [3.63, 3.8) is 0 Å². The second-order valence-electron chi connectivity index (χ2n) is 5.60. The summed E-state index contributed by atoms with van der Waals surface area (Å²) in [6, 6.07) is 3.72. The Hall–Kier alpha value is -1.38. The Morgan fingerprint density at radius 3 is 2.68 bits per heavy atom. The van der Waals surface area contributed by atoms with E-state index in [4.69, 9.17) is 4.42 Å². The quantitative estimate of drug-likeness (QED) is 0.784. The third kappa shape index (κ3) is 4.56. The lowest BCUT2D eigenvalue weighted by Crippen LogP contribution is -2.41. The Kier molecular flexibility index (Phi) is 5.60. The summed E-state index contributed by atoms with van der Waals surface area (Å²) < 4.78 is 29.2. The van der Waals surface area contributed by atoms with Crippen molar-refractivity contribution in [2.75, 3.05) is 39.5 Å². The first-order valence-electron chi connectivity index (χ1n) is 7.33. The van der Waals surface area contributed by atoms with Crippen LogP contribution >= 0.6 is 0 Å². The van der Waals surface area contributed by atoms with Gasteiger partial charge in [-0.2, -0.15) is 4.31 Å². The van der Waals surface area contributed by atoms with Crippen LogP contribution in [-0.4, -0.2) is 63.0 Å². The van der Waals surface area contributed by atoms with Crippen LogP contribution in [0.3, 0.4) is 0 Å². The monoisotopic (exact) mass is 329 g/mol. The molecule has 22 heavy (non-hydrogen) atoms. The van der Waals surface area contributed by atoms with Crippen LogP contribution in [0, 0.1) is 0 Å². The van der Waals surface area contributed by atoms with Crippen LogP contribution in [0.4, 0.5) is 0 Å². The van der Waals surface area contributed by atoms with E-state index in [1.54, 1.807) is 6.26 Å². The van der Waals surface area contributed by atoms with Gasteiger partial charge in [0.1, 0.15) is 5.76 Å². The van der Waals surface area contributed by atoms with Crippen LogP contribution in [0.5, 0.6) is 0 Å². The van der Waals surface area contributed by atoms with E-state index in [9.17, 15) is 13.2 Å². The Morgan fingerprint density at radius 1 is 1.45 bits per heavy atom. The highest BCUT2D eigenvalue weighted by Gasteiger charge is 2.26. The van der Waals surface area contributed by atoms with Crippen molar-refractivity contribution >= 4 is 15.9 Å². The van der Waals surface area contributed by atoms with Crippen LogP contribution in [0.1, 0.15) is 24.6 Å². The summed E-state index contributed by atoms with van der Waals surface area (Å²) in [4.78, 5) is 14.2. The predicted molar refractivity (Wildman–Crippen MR) is 82.7 cm³/mol. The molecule has 1 amide bonds. The molecule has 0 unspecified atom stereocenters. The molecule has 1 fully saturated rings. The highest BCUT2D eigenvalue weighted by atomic mass is 32.2. The molecule has 8 heteroatoms. The second kappa shape index (κ2) is 7.26. The number of nitrogens with zero attached hydrogens (tertiary/aromatic N) is 2. The number of hydrogen-bond acceptors (Lipinski definition) is 5. The molecule has 1 saturated heterocycles. The third-order valence-corrected chi connectivity index (χ3v) is 5.14. The van der Waals surface area contributed by atoms with Crippen LogP contribution in [0.25, 0.3) is 0 Å². The highest BCUT2D eigenvalue weighted by molar-refractivity contribution is 7.88. The van der Waals surface area contributed by atoms with E-state index < -0.39 is 10.0 Å². The van der Waals surface area contributed by atoms with Gasteiger partial charge in [-0.15, -0.1) is 0 Å². The molecule has 0 aromatic carbocycles. The number of likely N-dealkylation sites (N-methyl/N-ethyl adjacent to an activating group) is 1. The van der Waals surface area contributed by atoms with Crippen molar-refractivity contribution in [3.8, 4) is 0 Å². The molecule has 1 aliphatic rings. The van der Waals surface area contributed by atoms with Gasteiger partial charge in [-0.3, -0.25) is 9.69 Å².